The molecular formula is C22H26N4O2. The highest BCUT2D eigenvalue weighted by atomic mass is 16.5. The normalized spacial score (nSPS) is 17.6. The minimum Gasteiger partial charge on any atom is -0.380 e. The van der Waals surface area contributed by atoms with Crippen molar-refractivity contribution in [2.24, 2.45) is 5.92 Å². The zero-order chi connectivity index (χ0) is 20.1. The Hall–Kier alpha value is -2.75. The molecule has 3 rings (SSSR count). The monoisotopic (exact) mass is 378 g/mol. The first-order valence-corrected chi connectivity index (χ1v) is 9.51. The number of nitriles is 1. The molecule has 1 aromatic carbocycles. The minimum absolute atomic E-state index is 0.128. The van der Waals surface area contributed by atoms with Crippen LogP contribution >= 0.6 is 0 Å². The molecule has 1 aliphatic rings. The summed E-state index contributed by atoms with van der Waals surface area (Å²) in [6, 6.07) is 11.4. The van der Waals surface area contributed by atoms with Crippen molar-refractivity contribution in [2.75, 3.05) is 39.9 Å². The lowest BCUT2D eigenvalue weighted by Gasteiger charge is -2.19. The SMILES string of the molecule is Cc1cc(C)c(C#N)c(-c2cccc(C(=O)NCC3COCCN(C)C3)c2)n1. The second kappa shape index (κ2) is 8.96. The number of benzene rings is 1. The standard InChI is InChI=1S/C22H26N4O2/c1-15-9-16(2)25-21(20(15)11-23)18-5-4-6-19(10-18)22(27)24-12-17-13-26(3)7-8-28-14-17/h4-6,9-10,17H,7-8,12-14H2,1-3H3,(H,24,27). The van der Waals surface area contributed by atoms with E-state index < -0.39 is 0 Å². The molecule has 1 aromatic heterocycles. The van der Waals surface area contributed by atoms with Gasteiger partial charge in [-0.2, -0.15) is 5.26 Å². The predicted molar refractivity (Wildman–Crippen MR) is 108 cm³/mol. The molecule has 0 aliphatic carbocycles. The van der Waals surface area contributed by atoms with Gasteiger partial charge in [0.05, 0.1) is 24.5 Å². The average Bonchev–Trinajstić information content (AvgIpc) is 2.89. The Balaban J connectivity index is 1.76. The number of ether oxygens (including phenoxy) is 1. The molecule has 0 radical (unpaired) electrons. The van der Waals surface area contributed by atoms with Crippen molar-refractivity contribution in [3.05, 3.63) is 52.7 Å². The number of likely N-dealkylation sites (N-methyl/N-ethyl adjacent to an activating group) is 1. The van der Waals surface area contributed by atoms with E-state index in [2.05, 4.69) is 28.3 Å². The Morgan fingerprint density at radius 3 is 3.00 bits per heavy atom. The van der Waals surface area contributed by atoms with E-state index in [1.165, 1.54) is 0 Å². The van der Waals surface area contributed by atoms with Gasteiger partial charge in [0.2, 0.25) is 0 Å². The largest absolute Gasteiger partial charge is 0.380 e. The lowest BCUT2D eigenvalue weighted by Crippen LogP contribution is -2.35. The molecule has 0 saturated carbocycles. The van der Waals surface area contributed by atoms with Gasteiger partial charge in [0.1, 0.15) is 6.07 Å². The maximum absolute atomic E-state index is 12.7. The van der Waals surface area contributed by atoms with Crippen LogP contribution in [0.2, 0.25) is 0 Å². The summed E-state index contributed by atoms with van der Waals surface area (Å²) in [6.45, 7) is 7.57. The van der Waals surface area contributed by atoms with Crippen LogP contribution < -0.4 is 5.32 Å². The number of pyridine rings is 1. The summed E-state index contributed by atoms with van der Waals surface area (Å²) in [5, 5.41) is 12.5. The minimum atomic E-state index is -0.128. The summed E-state index contributed by atoms with van der Waals surface area (Å²) in [5.74, 6) is 0.141. The fourth-order valence-electron chi connectivity index (χ4n) is 3.51. The fourth-order valence-corrected chi connectivity index (χ4v) is 3.51. The van der Waals surface area contributed by atoms with Gasteiger partial charge in [-0.3, -0.25) is 9.78 Å². The number of amides is 1. The van der Waals surface area contributed by atoms with E-state index >= 15 is 0 Å². The first kappa shape index (κ1) is 20.0. The van der Waals surface area contributed by atoms with Crippen LogP contribution in [0.3, 0.4) is 0 Å². The Labute approximate surface area is 166 Å². The fraction of sp³-hybridized carbons (Fsp3) is 0.409. The number of hydrogen-bond acceptors (Lipinski definition) is 5. The molecule has 0 bridgehead atoms. The Morgan fingerprint density at radius 1 is 1.39 bits per heavy atom. The molecule has 1 aliphatic heterocycles. The highest BCUT2D eigenvalue weighted by Crippen LogP contribution is 2.25. The topological polar surface area (TPSA) is 78.2 Å². The van der Waals surface area contributed by atoms with Crippen molar-refractivity contribution in [1.82, 2.24) is 15.2 Å². The number of carbonyl (C=O) groups excluding carboxylic acids is 1. The maximum atomic E-state index is 12.7. The molecule has 1 saturated heterocycles. The predicted octanol–water partition coefficient (Wildman–Crippen LogP) is 2.55. The summed E-state index contributed by atoms with van der Waals surface area (Å²) in [4.78, 5) is 19.4. The number of rotatable bonds is 4. The molecule has 6 nitrogen and oxygen atoms in total. The zero-order valence-electron chi connectivity index (χ0n) is 16.7. The van der Waals surface area contributed by atoms with Gasteiger partial charge in [0.25, 0.3) is 5.91 Å². The quantitative estimate of drug-likeness (QED) is 0.885. The van der Waals surface area contributed by atoms with Crippen molar-refractivity contribution in [3.63, 3.8) is 0 Å². The highest BCUT2D eigenvalue weighted by molar-refractivity contribution is 5.95. The molecule has 6 heteroatoms. The van der Waals surface area contributed by atoms with Crippen LogP contribution in [0.4, 0.5) is 0 Å². The Bertz CT molecular complexity index is 904. The van der Waals surface area contributed by atoms with Crippen molar-refractivity contribution < 1.29 is 9.53 Å². The lowest BCUT2D eigenvalue weighted by molar-refractivity contribution is 0.0921. The highest BCUT2D eigenvalue weighted by Gasteiger charge is 2.18. The third-order valence-electron chi connectivity index (χ3n) is 4.95. The Kier molecular flexibility index (Phi) is 6.40. The van der Waals surface area contributed by atoms with Crippen LogP contribution in [0.5, 0.6) is 0 Å². The summed E-state index contributed by atoms with van der Waals surface area (Å²) >= 11 is 0. The summed E-state index contributed by atoms with van der Waals surface area (Å²) in [6.07, 6.45) is 0. The summed E-state index contributed by atoms with van der Waals surface area (Å²) in [7, 11) is 2.07. The van der Waals surface area contributed by atoms with Crippen molar-refractivity contribution in [2.45, 2.75) is 13.8 Å². The van der Waals surface area contributed by atoms with E-state index in [0.29, 0.717) is 30.0 Å². The summed E-state index contributed by atoms with van der Waals surface area (Å²) < 4.78 is 5.61. The third-order valence-corrected chi connectivity index (χ3v) is 4.95. The molecule has 1 unspecified atom stereocenters. The van der Waals surface area contributed by atoms with E-state index in [9.17, 15) is 10.1 Å². The number of hydrogen-bond donors (Lipinski definition) is 1. The first-order chi connectivity index (χ1) is 13.5. The molecule has 1 fully saturated rings. The van der Waals surface area contributed by atoms with Crippen LogP contribution in [0.15, 0.2) is 30.3 Å². The number of aryl methyl sites for hydroxylation is 2. The molecule has 2 heterocycles. The average molecular weight is 378 g/mol. The van der Waals surface area contributed by atoms with Gasteiger partial charge < -0.3 is 15.0 Å². The number of carbonyl (C=O) groups is 1. The van der Waals surface area contributed by atoms with Crippen molar-refractivity contribution >= 4 is 5.91 Å². The van der Waals surface area contributed by atoms with Crippen LogP contribution in [-0.2, 0) is 4.74 Å². The van der Waals surface area contributed by atoms with Crippen molar-refractivity contribution in [1.29, 1.82) is 5.26 Å². The number of nitrogens with one attached hydrogen (secondary N) is 1. The first-order valence-electron chi connectivity index (χ1n) is 9.51. The molecule has 1 N–H and O–H groups in total. The maximum Gasteiger partial charge on any atom is 0.251 e. The van der Waals surface area contributed by atoms with E-state index in [1.54, 1.807) is 12.1 Å². The van der Waals surface area contributed by atoms with Gasteiger partial charge in [0, 0.05) is 42.4 Å². The van der Waals surface area contributed by atoms with Gasteiger partial charge in [-0.25, -0.2) is 0 Å². The molecule has 146 valence electrons. The molecule has 0 spiro atoms. The third kappa shape index (κ3) is 4.75. The second-order valence-electron chi connectivity index (χ2n) is 7.41. The molecule has 2 aromatic rings. The number of aromatic nitrogens is 1. The second-order valence-corrected chi connectivity index (χ2v) is 7.41. The lowest BCUT2D eigenvalue weighted by atomic mass is 10.00. The van der Waals surface area contributed by atoms with Crippen LogP contribution in [0.1, 0.15) is 27.2 Å². The zero-order valence-corrected chi connectivity index (χ0v) is 16.7. The number of nitrogens with zero attached hydrogens (tertiary/aromatic N) is 3. The smallest absolute Gasteiger partial charge is 0.251 e. The van der Waals surface area contributed by atoms with Crippen molar-refractivity contribution in [3.8, 4) is 17.3 Å². The van der Waals surface area contributed by atoms with E-state index in [-0.39, 0.29) is 11.8 Å². The van der Waals surface area contributed by atoms with E-state index in [0.717, 1.165) is 36.5 Å². The van der Waals surface area contributed by atoms with E-state index in [1.807, 2.05) is 32.0 Å². The van der Waals surface area contributed by atoms with Crippen LogP contribution in [-0.4, -0.2) is 55.7 Å². The molecule has 28 heavy (non-hydrogen) atoms. The van der Waals surface area contributed by atoms with Gasteiger partial charge in [0.15, 0.2) is 0 Å². The van der Waals surface area contributed by atoms with Gasteiger partial charge >= 0.3 is 0 Å². The summed E-state index contributed by atoms with van der Waals surface area (Å²) in [5.41, 5.74) is 4.23. The van der Waals surface area contributed by atoms with Crippen LogP contribution in [0, 0.1) is 31.1 Å². The molecular weight excluding hydrogens is 352 g/mol. The van der Waals surface area contributed by atoms with Gasteiger partial charge in [-0.15, -0.1) is 0 Å². The van der Waals surface area contributed by atoms with Crippen LogP contribution in [0.25, 0.3) is 11.3 Å². The van der Waals surface area contributed by atoms with Gasteiger partial charge in [-0.1, -0.05) is 12.1 Å². The Morgan fingerprint density at radius 2 is 2.21 bits per heavy atom. The molecule has 1 amide bonds. The van der Waals surface area contributed by atoms with E-state index in [4.69, 9.17) is 4.74 Å². The van der Waals surface area contributed by atoms with Gasteiger partial charge in [-0.05, 0) is 44.7 Å². The molecule has 1 atom stereocenters.